The van der Waals surface area contributed by atoms with E-state index < -0.39 is 0 Å². The zero-order chi connectivity index (χ0) is 13.2. The highest BCUT2D eigenvalue weighted by atomic mass is 16.5. The molecule has 3 heterocycles. The number of morpholine rings is 1. The highest BCUT2D eigenvalue weighted by molar-refractivity contribution is 5.81. The molecule has 108 valence electrons. The Morgan fingerprint density at radius 3 is 2.84 bits per heavy atom. The predicted octanol–water partition coefficient (Wildman–Crippen LogP) is -0.0825. The number of nitrogens with zero attached hydrogens (tertiary/aromatic N) is 2. The zero-order valence-corrected chi connectivity index (χ0v) is 11.8. The lowest BCUT2D eigenvalue weighted by Gasteiger charge is -2.32. The van der Waals surface area contributed by atoms with Gasteiger partial charge in [-0.15, -0.1) is 0 Å². The molecule has 5 nitrogen and oxygen atoms in total. The van der Waals surface area contributed by atoms with Crippen LogP contribution in [0.25, 0.3) is 0 Å². The summed E-state index contributed by atoms with van der Waals surface area (Å²) in [6, 6.07) is 0.624. The molecule has 5 heteroatoms. The summed E-state index contributed by atoms with van der Waals surface area (Å²) in [5.41, 5.74) is 0. The van der Waals surface area contributed by atoms with Crippen molar-refractivity contribution in [3.8, 4) is 0 Å². The highest BCUT2D eigenvalue weighted by Crippen LogP contribution is 2.26. The largest absolute Gasteiger partial charge is 0.378 e. The third kappa shape index (κ3) is 2.78. The Labute approximate surface area is 115 Å². The first kappa shape index (κ1) is 13.3. The first-order valence-electron chi connectivity index (χ1n) is 7.59. The third-order valence-electron chi connectivity index (χ3n) is 4.86. The molecule has 1 amide bonds. The molecule has 3 atom stereocenters. The van der Waals surface area contributed by atoms with Crippen LogP contribution in [0.15, 0.2) is 0 Å². The fourth-order valence-electron chi connectivity index (χ4n) is 3.60. The first-order valence-corrected chi connectivity index (χ1v) is 7.59. The van der Waals surface area contributed by atoms with E-state index in [0.717, 1.165) is 38.6 Å². The monoisotopic (exact) mass is 267 g/mol. The van der Waals surface area contributed by atoms with Crippen LogP contribution in [0, 0.1) is 5.92 Å². The predicted molar refractivity (Wildman–Crippen MR) is 72.9 cm³/mol. The summed E-state index contributed by atoms with van der Waals surface area (Å²) < 4.78 is 5.31. The van der Waals surface area contributed by atoms with Crippen molar-refractivity contribution in [2.45, 2.75) is 31.8 Å². The van der Waals surface area contributed by atoms with Crippen LogP contribution in [0.4, 0.5) is 0 Å². The van der Waals surface area contributed by atoms with Crippen LogP contribution in [-0.2, 0) is 9.53 Å². The second kappa shape index (κ2) is 5.77. The van der Waals surface area contributed by atoms with Gasteiger partial charge in [0, 0.05) is 32.2 Å². The molecule has 3 saturated heterocycles. The van der Waals surface area contributed by atoms with Gasteiger partial charge in [-0.1, -0.05) is 0 Å². The van der Waals surface area contributed by atoms with E-state index in [4.69, 9.17) is 4.74 Å². The summed E-state index contributed by atoms with van der Waals surface area (Å²) in [5.74, 6) is 1.02. The molecule has 3 aliphatic heterocycles. The van der Waals surface area contributed by atoms with Crippen LogP contribution >= 0.6 is 0 Å². The van der Waals surface area contributed by atoms with Gasteiger partial charge in [-0.05, 0) is 32.2 Å². The minimum absolute atomic E-state index is 0.0190. The van der Waals surface area contributed by atoms with E-state index >= 15 is 0 Å². The molecular formula is C14H25N3O2. The summed E-state index contributed by atoms with van der Waals surface area (Å²) in [4.78, 5) is 16.8. The van der Waals surface area contributed by atoms with Crippen molar-refractivity contribution in [1.29, 1.82) is 0 Å². The van der Waals surface area contributed by atoms with Gasteiger partial charge < -0.3 is 15.0 Å². The van der Waals surface area contributed by atoms with Crippen LogP contribution < -0.4 is 5.32 Å². The average Bonchev–Trinajstić information content (AvgIpc) is 2.90. The van der Waals surface area contributed by atoms with E-state index in [1.54, 1.807) is 0 Å². The molecule has 0 aromatic carbocycles. The molecule has 0 aromatic rings. The average molecular weight is 267 g/mol. The number of rotatable bonds is 2. The summed E-state index contributed by atoms with van der Waals surface area (Å²) in [6.07, 6.45) is 2.59. The van der Waals surface area contributed by atoms with Crippen molar-refractivity contribution in [2.75, 3.05) is 45.9 Å². The molecule has 3 unspecified atom stereocenters. The second-order valence-electron chi connectivity index (χ2n) is 6.03. The lowest BCUT2D eigenvalue weighted by Crippen LogP contribution is -2.50. The number of carbonyl (C=O) groups excluding carboxylic acids is 1. The Balaban J connectivity index is 1.57. The van der Waals surface area contributed by atoms with E-state index in [1.165, 1.54) is 12.8 Å². The van der Waals surface area contributed by atoms with Gasteiger partial charge in [-0.3, -0.25) is 9.69 Å². The number of carbonyl (C=O) groups is 1. The Hall–Kier alpha value is -0.650. The second-order valence-corrected chi connectivity index (χ2v) is 6.03. The number of fused-ring (bicyclic) bond motifs is 1. The van der Waals surface area contributed by atoms with Gasteiger partial charge in [-0.25, -0.2) is 0 Å². The molecular weight excluding hydrogens is 242 g/mol. The Morgan fingerprint density at radius 2 is 2.11 bits per heavy atom. The molecule has 0 bridgehead atoms. The summed E-state index contributed by atoms with van der Waals surface area (Å²) in [7, 11) is 0. The number of ether oxygens (including phenoxy) is 1. The molecule has 3 rings (SSSR count). The molecule has 0 aliphatic carbocycles. The minimum Gasteiger partial charge on any atom is -0.378 e. The maximum absolute atomic E-state index is 12.5. The number of hydrogen-bond donors (Lipinski definition) is 1. The van der Waals surface area contributed by atoms with Crippen LogP contribution in [-0.4, -0.2) is 73.7 Å². The normalized spacial score (nSPS) is 34.1. The lowest BCUT2D eigenvalue weighted by atomic mass is 9.94. The van der Waals surface area contributed by atoms with Gasteiger partial charge in [0.2, 0.25) is 5.91 Å². The maximum Gasteiger partial charge on any atom is 0.239 e. The van der Waals surface area contributed by atoms with Crippen molar-refractivity contribution in [1.82, 2.24) is 15.1 Å². The Bertz CT molecular complexity index is 317. The van der Waals surface area contributed by atoms with E-state index in [-0.39, 0.29) is 11.9 Å². The number of likely N-dealkylation sites (tertiary alicyclic amines) is 1. The van der Waals surface area contributed by atoms with Crippen molar-refractivity contribution in [3.63, 3.8) is 0 Å². The van der Waals surface area contributed by atoms with Crippen LogP contribution in [0.3, 0.4) is 0 Å². The van der Waals surface area contributed by atoms with Gasteiger partial charge in [0.15, 0.2) is 0 Å². The van der Waals surface area contributed by atoms with Gasteiger partial charge >= 0.3 is 0 Å². The van der Waals surface area contributed by atoms with Gasteiger partial charge in [0.25, 0.3) is 0 Å². The third-order valence-corrected chi connectivity index (χ3v) is 4.86. The highest BCUT2D eigenvalue weighted by Gasteiger charge is 2.38. The Morgan fingerprint density at radius 1 is 1.32 bits per heavy atom. The molecule has 0 spiro atoms. The van der Waals surface area contributed by atoms with Crippen molar-refractivity contribution in [2.24, 2.45) is 5.92 Å². The molecule has 3 fully saturated rings. The number of piperidine rings is 1. The Kier molecular flexibility index (Phi) is 4.05. The van der Waals surface area contributed by atoms with E-state index in [0.29, 0.717) is 19.3 Å². The molecule has 0 radical (unpaired) electrons. The standard InChI is InChI=1S/C14H25N3O2/c1-11(14(18)16-5-7-19-8-6-16)17-9-12-3-2-4-15-13(12)10-17/h11-13,15H,2-10H2,1H3. The smallest absolute Gasteiger partial charge is 0.239 e. The van der Waals surface area contributed by atoms with Gasteiger partial charge in [0.1, 0.15) is 0 Å². The fourth-order valence-corrected chi connectivity index (χ4v) is 3.60. The van der Waals surface area contributed by atoms with Crippen LogP contribution in [0.1, 0.15) is 19.8 Å². The van der Waals surface area contributed by atoms with Crippen molar-refractivity contribution in [3.05, 3.63) is 0 Å². The topological polar surface area (TPSA) is 44.8 Å². The van der Waals surface area contributed by atoms with E-state index in [2.05, 4.69) is 17.1 Å². The SMILES string of the molecule is CC(C(=O)N1CCOCC1)N1CC2CCCNC2C1. The first-order chi connectivity index (χ1) is 9.25. The quantitative estimate of drug-likeness (QED) is 0.760. The van der Waals surface area contributed by atoms with Crippen LogP contribution in [0.5, 0.6) is 0 Å². The summed E-state index contributed by atoms with van der Waals surface area (Å²) in [6.45, 7) is 8.19. The maximum atomic E-state index is 12.5. The van der Waals surface area contributed by atoms with Gasteiger partial charge in [-0.2, -0.15) is 0 Å². The molecule has 1 N–H and O–H groups in total. The lowest BCUT2D eigenvalue weighted by molar-refractivity contribution is -0.140. The minimum atomic E-state index is 0.0190. The van der Waals surface area contributed by atoms with Crippen molar-refractivity contribution < 1.29 is 9.53 Å². The molecule has 0 aromatic heterocycles. The zero-order valence-electron chi connectivity index (χ0n) is 11.8. The molecule has 3 aliphatic rings. The summed E-state index contributed by atoms with van der Waals surface area (Å²) >= 11 is 0. The number of nitrogens with one attached hydrogen (secondary N) is 1. The number of hydrogen-bond acceptors (Lipinski definition) is 4. The number of amides is 1. The molecule has 0 saturated carbocycles. The fraction of sp³-hybridized carbons (Fsp3) is 0.929. The van der Waals surface area contributed by atoms with Gasteiger partial charge in [0.05, 0.1) is 19.3 Å². The molecule has 19 heavy (non-hydrogen) atoms. The van der Waals surface area contributed by atoms with E-state index in [9.17, 15) is 4.79 Å². The van der Waals surface area contributed by atoms with Crippen LogP contribution in [0.2, 0.25) is 0 Å². The van der Waals surface area contributed by atoms with E-state index in [1.807, 2.05) is 4.90 Å². The summed E-state index contributed by atoms with van der Waals surface area (Å²) in [5, 5.41) is 3.60. The van der Waals surface area contributed by atoms with Crippen molar-refractivity contribution >= 4 is 5.91 Å².